The number of benzene rings is 1. The normalized spacial score (nSPS) is 19.5. The van der Waals surface area contributed by atoms with Gasteiger partial charge in [0.25, 0.3) is 0 Å². The Bertz CT molecular complexity index is 807. The van der Waals surface area contributed by atoms with E-state index in [1.165, 1.54) is 16.1 Å². The van der Waals surface area contributed by atoms with Crippen LogP contribution in [0.1, 0.15) is 36.8 Å². The summed E-state index contributed by atoms with van der Waals surface area (Å²) in [7, 11) is 1.84. The lowest BCUT2D eigenvalue weighted by Gasteiger charge is -2.33. The molecule has 3 heterocycles. The van der Waals surface area contributed by atoms with E-state index in [1.54, 1.807) is 0 Å². The van der Waals surface area contributed by atoms with Gasteiger partial charge in [-0.05, 0) is 54.3 Å². The second-order valence-corrected chi connectivity index (χ2v) is 9.53. The maximum absolute atomic E-state index is 9.66. The van der Waals surface area contributed by atoms with Crippen molar-refractivity contribution in [3.63, 3.8) is 0 Å². The van der Waals surface area contributed by atoms with Crippen LogP contribution in [0.5, 0.6) is 0 Å². The van der Waals surface area contributed by atoms with E-state index in [-0.39, 0.29) is 6.10 Å². The van der Waals surface area contributed by atoms with E-state index in [2.05, 4.69) is 67.2 Å². The lowest BCUT2D eigenvalue weighted by molar-refractivity contribution is 0.0792. The lowest BCUT2D eigenvalue weighted by atomic mass is 10.1. The van der Waals surface area contributed by atoms with Gasteiger partial charge in [0.05, 0.1) is 11.1 Å². The maximum Gasteiger partial charge on any atom is 0.191 e. The average Bonchev–Trinajstić information content (AvgIpc) is 3.34. The molecule has 0 unspecified atom stereocenters. The van der Waals surface area contributed by atoms with Crippen LogP contribution >= 0.6 is 11.3 Å². The van der Waals surface area contributed by atoms with Crippen molar-refractivity contribution in [3.05, 3.63) is 52.9 Å². The minimum Gasteiger partial charge on any atom is -0.393 e. The molecule has 4 rings (SSSR count). The summed E-state index contributed by atoms with van der Waals surface area (Å²) < 4.78 is 0. The number of nitrogens with one attached hydrogen (secondary N) is 2. The van der Waals surface area contributed by atoms with Crippen LogP contribution in [0.4, 0.5) is 5.00 Å². The van der Waals surface area contributed by atoms with Gasteiger partial charge in [0.2, 0.25) is 0 Å². The molecule has 0 radical (unpaired) electrons. The van der Waals surface area contributed by atoms with Crippen LogP contribution in [-0.2, 0) is 13.1 Å². The number of rotatable bonds is 6. The Hall–Kier alpha value is -2.09. The number of hydrogen-bond acceptors (Lipinski definition) is 5. The average molecular weight is 442 g/mol. The first-order chi connectivity index (χ1) is 15.2. The highest BCUT2D eigenvalue weighted by Crippen LogP contribution is 2.24. The molecular formula is C24H35N5OS. The second-order valence-electron chi connectivity index (χ2n) is 8.61. The minimum absolute atomic E-state index is 0.110. The number of piperidine rings is 2. The zero-order chi connectivity index (χ0) is 21.5. The predicted octanol–water partition coefficient (Wildman–Crippen LogP) is 3.04. The Morgan fingerprint density at radius 1 is 1.03 bits per heavy atom. The Morgan fingerprint density at radius 3 is 2.39 bits per heavy atom. The number of aliphatic hydroxyl groups excluding tert-OH is 1. The number of nitrogens with zero attached hydrogens (tertiary/aromatic N) is 3. The number of thiophene rings is 1. The van der Waals surface area contributed by atoms with Crippen molar-refractivity contribution < 1.29 is 5.11 Å². The Kier molecular flexibility index (Phi) is 7.83. The molecular weight excluding hydrogens is 406 g/mol. The summed E-state index contributed by atoms with van der Waals surface area (Å²) in [5.74, 6) is 0.880. The highest BCUT2D eigenvalue weighted by molar-refractivity contribution is 7.14. The van der Waals surface area contributed by atoms with Gasteiger partial charge < -0.3 is 20.6 Å². The zero-order valence-corrected chi connectivity index (χ0v) is 19.3. The quantitative estimate of drug-likeness (QED) is 0.475. The van der Waals surface area contributed by atoms with Crippen LogP contribution in [0, 0.1) is 0 Å². The van der Waals surface area contributed by atoms with Crippen molar-refractivity contribution in [2.75, 3.05) is 38.1 Å². The molecule has 0 aliphatic carbocycles. The van der Waals surface area contributed by atoms with Crippen molar-refractivity contribution in [2.45, 2.75) is 50.9 Å². The molecule has 0 saturated carbocycles. The van der Waals surface area contributed by atoms with E-state index in [0.29, 0.717) is 6.04 Å². The summed E-state index contributed by atoms with van der Waals surface area (Å²) in [6.45, 7) is 5.88. The fourth-order valence-electron chi connectivity index (χ4n) is 4.37. The molecule has 2 aromatic rings. The highest BCUT2D eigenvalue weighted by Gasteiger charge is 2.21. The second kappa shape index (κ2) is 11.0. The van der Waals surface area contributed by atoms with E-state index >= 15 is 0 Å². The van der Waals surface area contributed by atoms with Crippen LogP contribution < -0.4 is 15.5 Å². The fraction of sp³-hybridized carbons (Fsp3) is 0.542. The molecule has 2 fully saturated rings. The van der Waals surface area contributed by atoms with Crippen LogP contribution in [-0.4, -0.2) is 61.3 Å². The highest BCUT2D eigenvalue weighted by atomic mass is 32.1. The molecule has 6 nitrogen and oxygen atoms in total. The number of likely N-dealkylation sites (tertiary alicyclic amines) is 1. The summed E-state index contributed by atoms with van der Waals surface area (Å²) in [5, 5.41) is 20.3. The van der Waals surface area contributed by atoms with Crippen LogP contribution in [0.25, 0.3) is 0 Å². The van der Waals surface area contributed by atoms with Gasteiger partial charge >= 0.3 is 0 Å². The third kappa shape index (κ3) is 6.45. The number of anilines is 1. The first kappa shape index (κ1) is 22.1. The molecule has 0 atom stereocenters. The van der Waals surface area contributed by atoms with E-state index in [0.717, 1.165) is 70.9 Å². The molecule has 2 aliphatic heterocycles. The molecule has 1 aromatic heterocycles. The van der Waals surface area contributed by atoms with Crippen molar-refractivity contribution in [2.24, 2.45) is 4.99 Å². The van der Waals surface area contributed by atoms with Crippen molar-refractivity contribution >= 4 is 22.3 Å². The number of aliphatic hydroxyl groups is 1. The van der Waals surface area contributed by atoms with E-state index in [4.69, 9.17) is 0 Å². The Morgan fingerprint density at radius 2 is 1.74 bits per heavy atom. The van der Waals surface area contributed by atoms with Crippen molar-refractivity contribution in [3.8, 4) is 0 Å². The van der Waals surface area contributed by atoms with Gasteiger partial charge in [-0.3, -0.25) is 9.89 Å². The predicted molar refractivity (Wildman–Crippen MR) is 130 cm³/mol. The maximum atomic E-state index is 9.66. The van der Waals surface area contributed by atoms with Crippen LogP contribution in [0.15, 0.2) is 46.8 Å². The molecule has 0 spiro atoms. The molecule has 2 aliphatic rings. The summed E-state index contributed by atoms with van der Waals surface area (Å²) in [4.78, 5) is 9.33. The fourth-order valence-corrected chi connectivity index (χ4v) is 5.15. The molecule has 168 valence electrons. The molecule has 0 bridgehead atoms. The Labute approximate surface area is 190 Å². The molecule has 7 heteroatoms. The largest absolute Gasteiger partial charge is 0.393 e. The molecule has 3 N–H and O–H groups in total. The van der Waals surface area contributed by atoms with Crippen LogP contribution in [0.3, 0.4) is 0 Å². The first-order valence-electron chi connectivity index (χ1n) is 11.4. The van der Waals surface area contributed by atoms with E-state index in [1.807, 2.05) is 18.4 Å². The van der Waals surface area contributed by atoms with E-state index < -0.39 is 0 Å². The third-order valence-electron chi connectivity index (χ3n) is 6.32. The van der Waals surface area contributed by atoms with Gasteiger partial charge in [0, 0.05) is 52.4 Å². The monoisotopic (exact) mass is 441 g/mol. The van der Waals surface area contributed by atoms with Gasteiger partial charge in [-0.2, -0.15) is 0 Å². The third-order valence-corrected chi connectivity index (χ3v) is 7.25. The molecule has 0 amide bonds. The topological polar surface area (TPSA) is 63.1 Å². The zero-order valence-electron chi connectivity index (χ0n) is 18.5. The number of aliphatic imine (C=N–C) groups is 1. The molecule has 1 aromatic carbocycles. The Balaban J connectivity index is 1.19. The summed E-state index contributed by atoms with van der Waals surface area (Å²) in [6.07, 6.45) is 3.92. The van der Waals surface area contributed by atoms with E-state index in [9.17, 15) is 5.11 Å². The SMILES string of the molecule is CN=C(NCc1ccc(CN2CCC(O)CC2)cc1)NC1CCN(c2cccs2)CC1. The van der Waals surface area contributed by atoms with Crippen molar-refractivity contribution in [1.29, 1.82) is 0 Å². The summed E-state index contributed by atoms with van der Waals surface area (Å²) >= 11 is 1.82. The smallest absolute Gasteiger partial charge is 0.191 e. The molecule has 2 saturated heterocycles. The minimum atomic E-state index is -0.110. The van der Waals surface area contributed by atoms with Gasteiger partial charge in [0.15, 0.2) is 5.96 Å². The first-order valence-corrected chi connectivity index (χ1v) is 12.3. The van der Waals surface area contributed by atoms with Gasteiger partial charge in [0.1, 0.15) is 0 Å². The van der Waals surface area contributed by atoms with Crippen LogP contribution in [0.2, 0.25) is 0 Å². The van der Waals surface area contributed by atoms with Gasteiger partial charge in [-0.25, -0.2) is 0 Å². The van der Waals surface area contributed by atoms with Crippen molar-refractivity contribution in [1.82, 2.24) is 15.5 Å². The lowest BCUT2D eigenvalue weighted by Crippen LogP contribution is -2.48. The molecule has 31 heavy (non-hydrogen) atoms. The van der Waals surface area contributed by atoms with Gasteiger partial charge in [-0.15, -0.1) is 11.3 Å². The number of hydrogen-bond donors (Lipinski definition) is 3. The summed E-state index contributed by atoms with van der Waals surface area (Å²) in [5.41, 5.74) is 2.59. The number of guanidine groups is 1. The standard InChI is InChI=1S/C24H35N5OS/c1-25-24(27-21-8-14-29(15-9-21)23-3-2-16-31-23)26-17-19-4-6-20(7-5-19)18-28-12-10-22(30)11-13-28/h2-7,16,21-22,30H,8-15,17-18H2,1H3,(H2,25,26,27). The summed E-state index contributed by atoms with van der Waals surface area (Å²) in [6, 6.07) is 13.6. The van der Waals surface area contributed by atoms with Gasteiger partial charge in [-0.1, -0.05) is 24.3 Å².